The minimum absolute atomic E-state index is 0.0974. The molecule has 0 amide bonds. The number of ether oxygens (including phenoxy) is 2. The highest BCUT2D eigenvalue weighted by molar-refractivity contribution is 5.69. The Morgan fingerprint density at radius 1 is 0.786 bits per heavy atom. The van der Waals surface area contributed by atoms with Crippen LogP contribution in [0.15, 0.2) is 0 Å². The van der Waals surface area contributed by atoms with Crippen molar-refractivity contribution in [2.24, 2.45) is 0 Å². The van der Waals surface area contributed by atoms with E-state index in [2.05, 4.69) is 18.8 Å². The Hall–Kier alpha value is -1.01. The van der Waals surface area contributed by atoms with Crippen molar-refractivity contribution in [1.82, 2.24) is 0 Å². The minimum atomic E-state index is -0.251. The molecule has 28 heavy (non-hydrogen) atoms. The average molecular weight is 393 g/mol. The topological polar surface area (TPSA) is 35.5 Å². The smallest absolute Gasteiger partial charge is 0.308 e. The first kappa shape index (κ1) is 25.0. The summed E-state index contributed by atoms with van der Waals surface area (Å²) in [5, 5.41) is 0. The van der Waals surface area contributed by atoms with E-state index in [0.717, 1.165) is 38.7 Å². The molecule has 0 saturated carbocycles. The van der Waals surface area contributed by atoms with Crippen LogP contribution < -0.4 is 0 Å². The second kappa shape index (κ2) is 19.3. The summed E-state index contributed by atoms with van der Waals surface area (Å²) in [5.41, 5.74) is 0. The monoisotopic (exact) mass is 392 g/mol. The molecule has 1 unspecified atom stereocenters. The maximum atomic E-state index is 11.5. The highest BCUT2D eigenvalue weighted by Gasteiger charge is 2.21. The van der Waals surface area contributed by atoms with Gasteiger partial charge in [-0.3, -0.25) is 4.79 Å². The van der Waals surface area contributed by atoms with Crippen molar-refractivity contribution in [3.8, 4) is 11.8 Å². The van der Waals surface area contributed by atoms with E-state index in [4.69, 9.17) is 9.47 Å². The van der Waals surface area contributed by atoms with Crippen molar-refractivity contribution in [2.45, 2.75) is 135 Å². The van der Waals surface area contributed by atoms with Gasteiger partial charge in [0.15, 0.2) is 0 Å². The lowest BCUT2D eigenvalue weighted by molar-refractivity contribution is -0.216. The first-order valence-corrected chi connectivity index (χ1v) is 12.1. The average Bonchev–Trinajstić information content (AvgIpc) is 2.66. The zero-order valence-electron chi connectivity index (χ0n) is 18.4. The third-order valence-corrected chi connectivity index (χ3v) is 5.38. The molecule has 1 aliphatic rings. The zero-order valence-corrected chi connectivity index (χ0v) is 18.4. The fourth-order valence-electron chi connectivity index (χ4n) is 3.40. The van der Waals surface area contributed by atoms with Crippen LogP contribution in [-0.4, -0.2) is 18.9 Å². The maximum Gasteiger partial charge on any atom is 0.308 e. The lowest BCUT2D eigenvalue weighted by atomic mass is 10.1. The molecule has 3 nitrogen and oxygen atoms in total. The molecular weight excluding hydrogens is 348 g/mol. The largest absolute Gasteiger partial charge is 0.436 e. The fraction of sp³-hybridized carbons (Fsp3) is 0.880. The summed E-state index contributed by atoms with van der Waals surface area (Å²) in [6.07, 6.45) is 22.7. The number of esters is 1. The van der Waals surface area contributed by atoms with Crippen LogP contribution >= 0.6 is 0 Å². The van der Waals surface area contributed by atoms with Crippen LogP contribution in [0.5, 0.6) is 0 Å². The molecular formula is C25H44O3. The van der Waals surface area contributed by atoms with Gasteiger partial charge in [0.25, 0.3) is 0 Å². The predicted molar refractivity (Wildman–Crippen MR) is 117 cm³/mol. The molecule has 1 fully saturated rings. The van der Waals surface area contributed by atoms with Gasteiger partial charge in [-0.15, -0.1) is 11.8 Å². The standard InChI is InChI=1S/C25H44O3/c1-2-3-4-5-6-7-8-9-10-11-12-13-14-15-16-17-18-19-20-21-24(26)28-25-22-23-27-25/h25H,2-8,11-23H2,1H3. The molecule has 3 heteroatoms. The van der Waals surface area contributed by atoms with Crippen molar-refractivity contribution >= 4 is 5.97 Å². The summed E-state index contributed by atoms with van der Waals surface area (Å²) in [7, 11) is 0. The zero-order chi connectivity index (χ0) is 20.1. The summed E-state index contributed by atoms with van der Waals surface area (Å²) in [5.74, 6) is 6.59. The highest BCUT2D eigenvalue weighted by atomic mass is 16.7. The van der Waals surface area contributed by atoms with Crippen molar-refractivity contribution < 1.29 is 14.3 Å². The highest BCUT2D eigenvalue weighted by Crippen LogP contribution is 2.15. The van der Waals surface area contributed by atoms with Gasteiger partial charge >= 0.3 is 5.97 Å². The van der Waals surface area contributed by atoms with Crippen molar-refractivity contribution in [1.29, 1.82) is 0 Å². The van der Waals surface area contributed by atoms with Crippen LogP contribution in [0.2, 0.25) is 0 Å². The van der Waals surface area contributed by atoms with Crippen LogP contribution in [0.25, 0.3) is 0 Å². The van der Waals surface area contributed by atoms with Gasteiger partial charge in [0.1, 0.15) is 0 Å². The Balaban J connectivity index is 1.70. The molecule has 162 valence electrons. The van der Waals surface area contributed by atoms with Gasteiger partial charge in [-0.25, -0.2) is 0 Å². The third-order valence-electron chi connectivity index (χ3n) is 5.38. The Morgan fingerprint density at radius 2 is 1.25 bits per heavy atom. The van der Waals surface area contributed by atoms with E-state index < -0.39 is 0 Å². The first-order chi connectivity index (χ1) is 13.8. The number of unbranched alkanes of at least 4 members (excludes halogenated alkanes) is 15. The van der Waals surface area contributed by atoms with Gasteiger partial charge in [-0.1, -0.05) is 84.0 Å². The second-order valence-corrected chi connectivity index (χ2v) is 8.13. The van der Waals surface area contributed by atoms with Gasteiger partial charge in [0, 0.05) is 25.7 Å². The number of rotatable bonds is 18. The van der Waals surface area contributed by atoms with Crippen LogP contribution in [-0.2, 0) is 14.3 Å². The van der Waals surface area contributed by atoms with Crippen LogP contribution in [0.4, 0.5) is 0 Å². The minimum Gasteiger partial charge on any atom is -0.436 e. The molecule has 0 aromatic rings. The van der Waals surface area contributed by atoms with Crippen molar-refractivity contribution in [3.05, 3.63) is 0 Å². The summed E-state index contributed by atoms with van der Waals surface area (Å²) in [4.78, 5) is 11.5. The first-order valence-electron chi connectivity index (χ1n) is 12.1. The molecule has 0 aromatic carbocycles. The molecule has 0 radical (unpaired) electrons. The normalized spacial score (nSPS) is 15.5. The predicted octanol–water partition coefficient (Wildman–Crippen LogP) is 7.32. The van der Waals surface area contributed by atoms with Crippen molar-refractivity contribution in [3.63, 3.8) is 0 Å². The van der Waals surface area contributed by atoms with Gasteiger partial charge in [-0.2, -0.15) is 0 Å². The molecule has 1 saturated heterocycles. The van der Waals surface area contributed by atoms with Crippen LogP contribution in [0, 0.1) is 11.8 Å². The molecule has 0 spiro atoms. The van der Waals surface area contributed by atoms with Gasteiger partial charge in [-0.05, 0) is 19.3 Å². The second-order valence-electron chi connectivity index (χ2n) is 8.13. The lowest BCUT2D eigenvalue weighted by Crippen LogP contribution is -2.31. The Morgan fingerprint density at radius 3 is 1.71 bits per heavy atom. The van der Waals surface area contributed by atoms with Crippen molar-refractivity contribution in [2.75, 3.05) is 6.61 Å². The van der Waals surface area contributed by atoms with E-state index in [0.29, 0.717) is 6.42 Å². The van der Waals surface area contributed by atoms with Crippen LogP contribution in [0.1, 0.15) is 129 Å². The molecule has 0 aliphatic carbocycles. The number of carbonyl (C=O) groups excluding carboxylic acids is 1. The van der Waals surface area contributed by atoms with Gasteiger partial charge < -0.3 is 9.47 Å². The summed E-state index contributed by atoms with van der Waals surface area (Å²) < 4.78 is 10.2. The fourth-order valence-corrected chi connectivity index (χ4v) is 3.40. The van der Waals surface area contributed by atoms with E-state index in [1.54, 1.807) is 0 Å². The summed E-state index contributed by atoms with van der Waals surface area (Å²) >= 11 is 0. The molecule has 1 rings (SSSR count). The van der Waals surface area contributed by atoms with Gasteiger partial charge in [0.2, 0.25) is 6.29 Å². The van der Waals surface area contributed by atoms with Gasteiger partial charge in [0.05, 0.1) is 6.61 Å². The van der Waals surface area contributed by atoms with E-state index >= 15 is 0 Å². The number of hydrogen-bond acceptors (Lipinski definition) is 3. The molecule has 0 aromatic heterocycles. The molecule has 1 atom stereocenters. The summed E-state index contributed by atoms with van der Waals surface area (Å²) in [6, 6.07) is 0. The van der Waals surface area contributed by atoms with E-state index in [1.807, 2.05) is 0 Å². The lowest BCUT2D eigenvalue weighted by Gasteiger charge is -2.25. The number of hydrogen-bond donors (Lipinski definition) is 0. The SMILES string of the molecule is CCCCCCCCC#CCCCCCCCCCCCC(=O)OC1CCO1. The third kappa shape index (κ3) is 16.0. The molecule has 1 heterocycles. The molecule has 0 N–H and O–H groups in total. The Labute approximate surface area is 174 Å². The maximum absolute atomic E-state index is 11.5. The summed E-state index contributed by atoms with van der Waals surface area (Å²) in [6.45, 7) is 2.99. The number of carbonyl (C=O) groups is 1. The quantitative estimate of drug-likeness (QED) is 0.139. The molecule has 0 bridgehead atoms. The van der Waals surface area contributed by atoms with E-state index in [9.17, 15) is 4.79 Å². The Bertz CT molecular complexity index is 417. The molecule has 1 aliphatic heterocycles. The Kier molecular flexibility index (Phi) is 17.3. The van der Waals surface area contributed by atoms with Crippen LogP contribution in [0.3, 0.4) is 0 Å². The van der Waals surface area contributed by atoms with E-state index in [1.165, 1.54) is 83.5 Å². The van der Waals surface area contributed by atoms with E-state index in [-0.39, 0.29) is 12.3 Å².